The molecule has 0 aromatic carbocycles. The number of fused-ring (bicyclic) bond motifs is 1. The number of carbonyl (C=O) groups is 2. The molecule has 6 nitrogen and oxygen atoms in total. The Balaban J connectivity index is 1.79. The van der Waals surface area contributed by atoms with Crippen molar-refractivity contribution in [3.05, 3.63) is 11.8 Å². The van der Waals surface area contributed by atoms with Crippen LogP contribution in [0.5, 0.6) is 0 Å². The fraction of sp³-hybridized carbons (Fsp3) is 0.688. The van der Waals surface area contributed by atoms with E-state index in [1.165, 1.54) is 0 Å². The van der Waals surface area contributed by atoms with Crippen molar-refractivity contribution in [2.75, 3.05) is 18.0 Å². The second-order valence-electron chi connectivity index (χ2n) is 6.30. The molecule has 0 saturated heterocycles. The van der Waals surface area contributed by atoms with E-state index in [9.17, 15) is 9.59 Å². The van der Waals surface area contributed by atoms with Gasteiger partial charge in [-0.15, -0.1) is 0 Å². The van der Waals surface area contributed by atoms with Crippen LogP contribution in [0, 0.1) is 12.8 Å². The van der Waals surface area contributed by atoms with Gasteiger partial charge in [-0.3, -0.25) is 14.5 Å². The zero-order valence-corrected chi connectivity index (χ0v) is 13.8. The lowest BCUT2D eigenvalue weighted by molar-refractivity contribution is -0.122. The van der Waals surface area contributed by atoms with Gasteiger partial charge in [-0.1, -0.05) is 13.8 Å². The Kier molecular flexibility index (Phi) is 5.57. The van der Waals surface area contributed by atoms with Gasteiger partial charge in [0, 0.05) is 32.0 Å². The molecule has 0 bridgehead atoms. The van der Waals surface area contributed by atoms with Crippen LogP contribution in [0.25, 0.3) is 0 Å². The minimum atomic E-state index is 0.0646. The first-order valence-corrected chi connectivity index (χ1v) is 8.09. The first kappa shape index (κ1) is 16.5. The predicted octanol–water partition coefficient (Wildman–Crippen LogP) is 1.87. The summed E-state index contributed by atoms with van der Waals surface area (Å²) in [6.07, 6.45) is 2.60. The minimum absolute atomic E-state index is 0.0646. The molecule has 1 aliphatic rings. The second-order valence-corrected chi connectivity index (χ2v) is 6.30. The number of amides is 2. The van der Waals surface area contributed by atoms with Crippen LogP contribution >= 0.6 is 0 Å². The fourth-order valence-corrected chi connectivity index (χ4v) is 2.60. The molecule has 0 aliphatic carbocycles. The van der Waals surface area contributed by atoms with Crippen LogP contribution in [0.4, 0.5) is 5.82 Å². The van der Waals surface area contributed by atoms with Gasteiger partial charge in [-0.25, -0.2) is 4.68 Å². The number of nitrogens with one attached hydrogen (secondary N) is 1. The van der Waals surface area contributed by atoms with Crippen molar-refractivity contribution in [1.29, 1.82) is 0 Å². The van der Waals surface area contributed by atoms with Gasteiger partial charge >= 0.3 is 0 Å². The Bertz CT molecular complexity index is 536. The number of anilines is 1. The Morgan fingerprint density at radius 1 is 1.45 bits per heavy atom. The van der Waals surface area contributed by atoms with E-state index in [4.69, 9.17) is 0 Å². The number of hydrogen-bond donors (Lipinski definition) is 1. The van der Waals surface area contributed by atoms with Gasteiger partial charge in [0.2, 0.25) is 11.8 Å². The van der Waals surface area contributed by atoms with E-state index in [2.05, 4.69) is 24.3 Å². The molecule has 2 heterocycles. The van der Waals surface area contributed by atoms with Gasteiger partial charge in [0.15, 0.2) is 0 Å². The SMILES string of the molecule is Cc1cc2n(n1)CCC(=O)N2CCCC(=O)NCCC(C)C. The van der Waals surface area contributed by atoms with Crippen LogP contribution in [-0.2, 0) is 16.1 Å². The van der Waals surface area contributed by atoms with Gasteiger partial charge in [0.1, 0.15) is 5.82 Å². The number of nitrogens with zero attached hydrogens (tertiary/aromatic N) is 3. The Morgan fingerprint density at radius 2 is 2.23 bits per heavy atom. The van der Waals surface area contributed by atoms with Crippen molar-refractivity contribution in [3.63, 3.8) is 0 Å². The quantitative estimate of drug-likeness (QED) is 0.836. The summed E-state index contributed by atoms with van der Waals surface area (Å²) in [5, 5.41) is 7.31. The third-order valence-electron chi connectivity index (χ3n) is 3.83. The summed E-state index contributed by atoms with van der Waals surface area (Å²) < 4.78 is 1.87. The average molecular weight is 306 g/mol. The van der Waals surface area contributed by atoms with Gasteiger partial charge in [-0.05, 0) is 25.7 Å². The lowest BCUT2D eigenvalue weighted by atomic mass is 10.1. The average Bonchev–Trinajstić information content (AvgIpc) is 2.81. The van der Waals surface area contributed by atoms with E-state index in [1.54, 1.807) is 4.90 Å². The normalized spacial score (nSPS) is 14.4. The van der Waals surface area contributed by atoms with Crippen LogP contribution < -0.4 is 10.2 Å². The van der Waals surface area contributed by atoms with E-state index >= 15 is 0 Å². The molecule has 0 radical (unpaired) electrons. The van der Waals surface area contributed by atoms with E-state index in [1.807, 2.05) is 17.7 Å². The molecule has 6 heteroatoms. The highest BCUT2D eigenvalue weighted by molar-refractivity contribution is 5.93. The Morgan fingerprint density at radius 3 is 2.95 bits per heavy atom. The fourth-order valence-electron chi connectivity index (χ4n) is 2.60. The highest BCUT2D eigenvalue weighted by atomic mass is 16.2. The summed E-state index contributed by atoms with van der Waals surface area (Å²) in [6.45, 7) is 8.15. The van der Waals surface area contributed by atoms with Crippen LogP contribution in [0.2, 0.25) is 0 Å². The van der Waals surface area contributed by atoms with Crippen molar-refractivity contribution in [2.24, 2.45) is 5.92 Å². The molecule has 0 fully saturated rings. The molecule has 0 unspecified atom stereocenters. The molecular formula is C16H26N4O2. The number of aryl methyl sites for hydroxylation is 2. The number of rotatable bonds is 7. The molecule has 1 aromatic rings. The number of aromatic nitrogens is 2. The highest BCUT2D eigenvalue weighted by Crippen LogP contribution is 2.22. The zero-order valence-electron chi connectivity index (χ0n) is 13.8. The molecule has 22 heavy (non-hydrogen) atoms. The van der Waals surface area contributed by atoms with E-state index in [0.29, 0.717) is 38.3 Å². The molecule has 1 aromatic heterocycles. The molecule has 2 rings (SSSR count). The first-order chi connectivity index (χ1) is 10.5. The van der Waals surface area contributed by atoms with Gasteiger partial charge in [-0.2, -0.15) is 5.10 Å². The molecule has 0 spiro atoms. The first-order valence-electron chi connectivity index (χ1n) is 8.09. The van der Waals surface area contributed by atoms with Crippen molar-refractivity contribution in [2.45, 2.75) is 53.0 Å². The maximum absolute atomic E-state index is 12.1. The lowest BCUT2D eigenvalue weighted by Gasteiger charge is -2.27. The van der Waals surface area contributed by atoms with Gasteiger partial charge < -0.3 is 5.32 Å². The van der Waals surface area contributed by atoms with Crippen LogP contribution in [-0.4, -0.2) is 34.7 Å². The van der Waals surface area contributed by atoms with E-state index in [0.717, 1.165) is 24.5 Å². The minimum Gasteiger partial charge on any atom is -0.356 e. The molecule has 2 amide bonds. The van der Waals surface area contributed by atoms with Crippen molar-refractivity contribution < 1.29 is 9.59 Å². The van der Waals surface area contributed by atoms with Crippen LogP contribution in [0.15, 0.2) is 6.07 Å². The largest absolute Gasteiger partial charge is 0.356 e. The summed E-state index contributed by atoms with van der Waals surface area (Å²) in [5.74, 6) is 1.63. The molecule has 0 saturated carbocycles. The van der Waals surface area contributed by atoms with Crippen LogP contribution in [0.3, 0.4) is 0 Å². The molecule has 122 valence electrons. The van der Waals surface area contributed by atoms with Crippen molar-refractivity contribution >= 4 is 17.6 Å². The lowest BCUT2D eigenvalue weighted by Crippen LogP contribution is -2.38. The van der Waals surface area contributed by atoms with Crippen molar-refractivity contribution in [1.82, 2.24) is 15.1 Å². The van der Waals surface area contributed by atoms with Gasteiger partial charge in [0.05, 0.1) is 12.2 Å². The standard InChI is InChI=1S/C16H26N4O2/c1-12(2)6-8-17-14(21)5-4-9-19-15-11-13(3)18-20(15)10-7-16(19)22/h11-12H,4-10H2,1-3H3,(H,17,21). The topological polar surface area (TPSA) is 67.2 Å². The maximum Gasteiger partial charge on any atom is 0.229 e. The Hall–Kier alpha value is -1.85. The predicted molar refractivity (Wildman–Crippen MR) is 85.6 cm³/mol. The number of hydrogen-bond acceptors (Lipinski definition) is 3. The second kappa shape index (κ2) is 7.42. The molecular weight excluding hydrogens is 280 g/mol. The maximum atomic E-state index is 12.1. The van der Waals surface area contributed by atoms with Crippen molar-refractivity contribution in [3.8, 4) is 0 Å². The summed E-state index contributed by atoms with van der Waals surface area (Å²) in [4.78, 5) is 25.6. The van der Waals surface area contributed by atoms with E-state index in [-0.39, 0.29) is 11.8 Å². The smallest absolute Gasteiger partial charge is 0.229 e. The van der Waals surface area contributed by atoms with E-state index < -0.39 is 0 Å². The third-order valence-corrected chi connectivity index (χ3v) is 3.83. The summed E-state index contributed by atoms with van der Waals surface area (Å²) >= 11 is 0. The Labute approximate surface area is 131 Å². The number of carbonyl (C=O) groups excluding carboxylic acids is 2. The zero-order chi connectivity index (χ0) is 16.1. The monoisotopic (exact) mass is 306 g/mol. The summed E-state index contributed by atoms with van der Waals surface area (Å²) in [7, 11) is 0. The summed E-state index contributed by atoms with van der Waals surface area (Å²) in [5.41, 5.74) is 0.918. The van der Waals surface area contributed by atoms with Gasteiger partial charge in [0.25, 0.3) is 0 Å². The molecule has 0 atom stereocenters. The molecule has 1 N–H and O–H groups in total. The highest BCUT2D eigenvalue weighted by Gasteiger charge is 2.25. The third kappa shape index (κ3) is 4.32. The summed E-state index contributed by atoms with van der Waals surface area (Å²) in [6, 6.07) is 1.93. The molecule has 1 aliphatic heterocycles. The van der Waals surface area contributed by atoms with Crippen LogP contribution in [0.1, 0.15) is 45.2 Å².